The first kappa shape index (κ1) is 18.5. The molecular weight excluding hydrogens is 354 g/mol. The Kier molecular flexibility index (Phi) is 5.64. The third-order valence-electron chi connectivity index (χ3n) is 4.66. The van der Waals surface area contributed by atoms with Crippen LogP contribution in [0.2, 0.25) is 5.02 Å². The van der Waals surface area contributed by atoms with E-state index in [4.69, 9.17) is 16.0 Å². The first-order valence-corrected chi connectivity index (χ1v) is 9.02. The number of rotatable bonds is 4. The molecular formula is C19H22ClN3O3. The predicted octanol–water partition coefficient (Wildman–Crippen LogP) is 3.36. The lowest BCUT2D eigenvalue weighted by atomic mass is 9.99. The molecule has 1 aromatic carbocycles. The summed E-state index contributed by atoms with van der Waals surface area (Å²) in [5, 5.41) is 9.61. The number of nitrogens with one attached hydrogen (secondary N) is 3. The van der Waals surface area contributed by atoms with Gasteiger partial charge in [-0.05, 0) is 57.5 Å². The Hall–Kier alpha value is -2.31. The summed E-state index contributed by atoms with van der Waals surface area (Å²) in [5.74, 6) is -0.0701. The molecule has 1 aliphatic rings. The Bertz CT molecular complexity index is 818. The largest absolute Gasteiger partial charge is 0.469 e. The van der Waals surface area contributed by atoms with Crippen LogP contribution in [0.5, 0.6) is 0 Å². The number of benzene rings is 1. The highest BCUT2D eigenvalue weighted by Gasteiger charge is 2.24. The third kappa shape index (κ3) is 4.08. The minimum atomic E-state index is -0.347. The number of hydrogen-bond acceptors (Lipinski definition) is 4. The molecule has 0 aliphatic carbocycles. The van der Waals surface area contributed by atoms with Gasteiger partial charge in [0.2, 0.25) is 0 Å². The SMILES string of the molecule is Cc1occc1C(=O)Nc1cc(Cl)ccc1C(=O)NC1CCCNC1C. The number of carbonyl (C=O) groups excluding carboxylic acids is 2. The maximum absolute atomic E-state index is 12.8. The molecule has 6 nitrogen and oxygen atoms in total. The summed E-state index contributed by atoms with van der Waals surface area (Å²) in [6, 6.07) is 6.67. The lowest BCUT2D eigenvalue weighted by Crippen LogP contribution is -2.52. The molecule has 2 aromatic rings. The molecule has 3 N–H and O–H groups in total. The van der Waals surface area contributed by atoms with Gasteiger partial charge in [-0.1, -0.05) is 11.6 Å². The Morgan fingerprint density at radius 3 is 2.73 bits per heavy atom. The van der Waals surface area contributed by atoms with Crippen molar-refractivity contribution in [2.45, 2.75) is 38.8 Å². The van der Waals surface area contributed by atoms with Crippen molar-refractivity contribution in [3.05, 3.63) is 52.4 Å². The first-order chi connectivity index (χ1) is 12.5. The minimum absolute atomic E-state index is 0.0478. The first-order valence-electron chi connectivity index (χ1n) is 8.65. The van der Waals surface area contributed by atoms with E-state index < -0.39 is 0 Å². The van der Waals surface area contributed by atoms with Crippen LogP contribution in [0.1, 0.15) is 46.2 Å². The van der Waals surface area contributed by atoms with Crippen molar-refractivity contribution in [1.82, 2.24) is 10.6 Å². The maximum atomic E-state index is 12.8. The number of halogens is 1. The molecule has 2 unspecified atom stereocenters. The molecule has 26 heavy (non-hydrogen) atoms. The Morgan fingerprint density at radius 1 is 1.23 bits per heavy atom. The Labute approximate surface area is 157 Å². The van der Waals surface area contributed by atoms with E-state index in [1.54, 1.807) is 31.2 Å². The van der Waals surface area contributed by atoms with Crippen molar-refractivity contribution in [3.63, 3.8) is 0 Å². The second-order valence-corrected chi connectivity index (χ2v) is 6.94. The minimum Gasteiger partial charge on any atom is -0.469 e. The van der Waals surface area contributed by atoms with Gasteiger partial charge in [-0.3, -0.25) is 9.59 Å². The molecule has 2 heterocycles. The summed E-state index contributed by atoms with van der Waals surface area (Å²) in [7, 11) is 0. The fourth-order valence-corrected chi connectivity index (χ4v) is 3.29. The molecule has 0 radical (unpaired) electrons. The van der Waals surface area contributed by atoms with Crippen molar-refractivity contribution in [2.75, 3.05) is 11.9 Å². The van der Waals surface area contributed by atoms with Crippen LogP contribution >= 0.6 is 11.6 Å². The van der Waals surface area contributed by atoms with E-state index in [0.29, 0.717) is 27.6 Å². The molecule has 0 bridgehead atoms. The van der Waals surface area contributed by atoms with E-state index in [1.165, 1.54) is 6.26 Å². The average Bonchev–Trinajstić information content (AvgIpc) is 3.03. The second kappa shape index (κ2) is 7.93. The number of carbonyl (C=O) groups is 2. The zero-order valence-corrected chi connectivity index (χ0v) is 15.5. The zero-order chi connectivity index (χ0) is 18.7. The van der Waals surface area contributed by atoms with Crippen molar-refractivity contribution in [1.29, 1.82) is 0 Å². The molecule has 2 atom stereocenters. The van der Waals surface area contributed by atoms with Gasteiger partial charge in [0.25, 0.3) is 11.8 Å². The Morgan fingerprint density at radius 2 is 2.04 bits per heavy atom. The maximum Gasteiger partial charge on any atom is 0.259 e. The van der Waals surface area contributed by atoms with Crippen LogP contribution in [0.15, 0.2) is 34.9 Å². The van der Waals surface area contributed by atoms with Gasteiger partial charge >= 0.3 is 0 Å². The molecule has 7 heteroatoms. The molecule has 138 valence electrons. The summed E-state index contributed by atoms with van der Waals surface area (Å²) in [6.45, 7) is 4.72. The van der Waals surface area contributed by atoms with Gasteiger partial charge in [-0.25, -0.2) is 0 Å². The monoisotopic (exact) mass is 375 g/mol. The number of aryl methyl sites for hydroxylation is 1. The smallest absolute Gasteiger partial charge is 0.259 e. The fraction of sp³-hybridized carbons (Fsp3) is 0.368. The van der Waals surface area contributed by atoms with Gasteiger partial charge in [-0.2, -0.15) is 0 Å². The van der Waals surface area contributed by atoms with Gasteiger partial charge in [-0.15, -0.1) is 0 Å². The summed E-state index contributed by atoms with van der Waals surface area (Å²) in [5.41, 5.74) is 1.17. The third-order valence-corrected chi connectivity index (χ3v) is 4.89. The van der Waals surface area contributed by atoms with Crippen molar-refractivity contribution >= 4 is 29.1 Å². The average molecular weight is 376 g/mol. The molecule has 1 aliphatic heterocycles. The summed E-state index contributed by atoms with van der Waals surface area (Å²) >= 11 is 6.06. The van der Waals surface area contributed by atoms with E-state index in [2.05, 4.69) is 22.9 Å². The van der Waals surface area contributed by atoms with Crippen LogP contribution in [0.3, 0.4) is 0 Å². The van der Waals surface area contributed by atoms with Gasteiger partial charge in [0, 0.05) is 17.1 Å². The molecule has 0 saturated carbocycles. The number of furan rings is 1. The number of anilines is 1. The number of amides is 2. The highest BCUT2D eigenvalue weighted by Crippen LogP contribution is 2.23. The predicted molar refractivity (Wildman–Crippen MR) is 101 cm³/mol. The van der Waals surface area contributed by atoms with Crippen molar-refractivity contribution in [3.8, 4) is 0 Å². The molecule has 1 fully saturated rings. The number of piperidine rings is 1. The highest BCUT2D eigenvalue weighted by atomic mass is 35.5. The van der Waals surface area contributed by atoms with Gasteiger partial charge in [0.1, 0.15) is 5.76 Å². The lowest BCUT2D eigenvalue weighted by molar-refractivity contribution is 0.0920. The van der Waals surface area contributed by atoms with Crippen molar-refractivity contribution in [2.24, 2.45) is 0 Å². The number of hydrogen-bond donors (Lipinski definition) is 3. The van der Waals surface area contributed by atoms with E-state index in [1.807, 2.05) is 0 Å². The van der Waals surface area contributed by atoms with E-state index in [0.717, 1.165) is 19.4 Å². The lowest BCUT2D eigenvalue weighted by Gasteiger charge is -2.30. The standard InChI is InChI=1S/C19H22ClN3O3/c1-11-16(4-3-8-21-11)22-19(25)15-6-5-13(20)10-17(15)23-18(24)14-7-9-26-12(14)2/h5-7,9-11,16,21H,3-4,8H2,1-2H3,(H,22,25)(H,23,24). The summed E-state index contributed by atoms with van der Waals surface area (Å²) in [6.07, 6.45) is 3.38. The second-order valence-electron chi connectivity index (χ2n) is 6.50. The fourth-order valence-electron chi connectivity index (χ4n) is 3.12. The van der Waals surface area contributed by atoms with Gasteiger partial charge in [0.05, 0.1) is 23.1 Å². The molecule has 1 saturated heterocycles. The van der Waals surface area contributed by atoms with E-state index in [9.17, 15) is 9.59 Å². The van der Waals surface area contributed by atoms with E-state index >= 15 is 0 Å². The van der Waals surface area contributed by atoms with Gasteiger partial charge in [0.15, 0.2) is 0 Å². The van der Waals surface area contributed by atoms with Crippen molar-refractivity contribution < 1.29 is 14.0 Å². The summed E-state index contributed by atoms with van der Waals surface area (Å²) < 4.78 is 5.16. The molecule has 1 aromatic heterocycles. The van der Waals surface area contributed by atoms with Crippen LogP contribution in [0, 0.1) is 6.92 Å². The molecule has 0 spiro atoms. The van der Waals surface area contributed by atoms with Crippen LogP contribution in [0.4, 0.5) is 5.69 Å². The molecule has 2 amide bonds. The summed E-state index contributed by atoms with van der Waals surface area (Å²) in [4.78, 5) is 25.2. The van der Waals surface area contributed by atoms with Crippen LogP contribution in [-0.4, -0.2) is 30.4 Å². The Balaban J connectivity index is 1.80. The molecule has 3 rings (SSSR count). The highest BCUT2D eigenvalue weighted by molar-refractivity contribution is 6.31. The zero-order valence-electron chi connectivity index (χ0n) is 14.8. The van der Waals surface area contributed by atoms with Crippen LogP contribution in [0.25, 0.3) is 0 Å². The quantitative estimate of drug-likeness (QED) is 0.765. The van der Waals surface area contributed by atoms with Gasteiger partial charge < -0.3 is 20.4 Å². The topological polar surface area (TPSA) is 83.4 Å². The van der Waals surface area contributed by atoms with Crippen LogP contribution in [-0.2, 0) is 0 Å². The normalized spacial score (nSPS) is 19.8. The van der Waals surface area contributed by atoms with Crippen LogP contribution < -0.4 is 16.0 Å². The van der Waals surface area contributed by atoms with E-state index in [-0.39, 0.29) is 23.9 Å².